The van der Waals surface area contributed by atoms with E-state index in [1.807, 2.05) is 27.7 Å². The summed E-state index contributed by atoms with van der Waals surface area (Å²) in [5.74, 6) is 0. The molecule has 1 aliphatic rings. The van der Waals surface area contributed by atoms with Crippen molar-refractivity contribution in [3.8, 4) is 0 Å². The van der Waals surface area contributed by atoms with Crippen LogP contribution in [0, 0.1) is 0 Å². The second-order valence-corrected chi connectivity index (χ2v) is 6.32. The zero-order valence-corrected chi connectivity index (χ0v) is 12.4. The van der Waals surface area contributed by atoms with Gasteiger partial charge in [-0.1, -0.05) is 12.1 Å². The lowest BCUT2D eigenvalue weighted by molar-refractivity contribution is 0.00578. The molecule has 1 heterocycles. The van der Waals surface area contributed by atoms with Gasteiger partial charge in [-0.05, 0) is 45.3 Å². The first-order chi connectivity index (χ1) is 8.71. The van der Waals surface area contributed by atoms with Crippen molar-refractivity contribution in [1.29, 1.82) is 0 Å². The molecule has 19 heavy (non-hydrogen) atoms. The summed E-state index contributed by atoms with van der Waals surface area (Å²) in [6.45, 7) is 7.96. The summed E-state index contributed by atoms with van der Waals surface area (Å²) in [5.41, 5.74) is 0.626. The maximum absolute atomic E-state index is 10.6. The minimum Gasteiger partial charge on any atom is -0.399 e. The third-order valence-electron chi connectivity index (χ3n) is 3.66. The van der Waals surface area contributed by atoms with Gasteiger partial charge in [0.1, 0.15) is 0 Å². The molecule has 5 nitrogen and oxygen atoms in total. The SMILES string of the molecule is CC1(C)OB(c2ccc(N[SH](=O)=O)cc2)OC1(C)C. The maximum Gasteiger partial charge on any atom is 0.494 e. The average Bonchev–Trinajstić information content (AvgIpc) is 2.48. The predicted molar refractivity (Wildman–Crippen MR) is 76.1 cm³/mol. The van der Waals surface area contributed by atoms with Crippen LogP contribution in [0.2, 0.25) is 0 Å². The Hall–Kier alpha value is -1.05. The van der Waals surface area contributed by atoms with Gasteiger partial charge in [0.2, 0.25) is 10.9 Å². The van der Waals surface area contributed by atoms with E-state index in [1.165, 1.54) is 0 Å². The molecule has 0 aliphatic carbocycles. The number of rotatable bonds is 3. The zero-order chi connectivity index (χ0) is 14.3. The number of anilines is 1. The molecule has 1 fully saturated rings. The molecular formula is C12H18BNO4S. The van der Waals surface area contributed by atoms with Gasteiger partial charge < -0.3 is 9.31 Å². The first kappa shape index (κ1) is 14.4. The Morgan fingerprint density at radius 3 is 1.89 bits per heavy atom. The van der Waals surface area contributed by atoms with E-state index >= 15 is 0 Å². The van der Waals surface area contributed by atoms with Crippen LogP contribution in [0.4, 0.5) is 5.69 Å². The quantitative estimate of drug-likeness (QED) is 0.639. The van der Waals surface area contributed by atoms with Crippen LogP contribution in [-0.2, 0) is 20.2 Å². The number of benzene rings is 1. The highest BCUT2D eigenvalue weighted by atomic mass is 32.2. The smallest absolute Gasteiger partial charge is 0.399 e. The fourth-order valence-corrected chi connectivity index (χ4v) is 2.16. The van der Waals surface area contributed by atoms with Crippen LogP contribution in [0.15, 0.2) is 24.3 Å². The first-order valence-corrected chi connectivity index (χ1v) is 7.26. The molecular weight excluding hydrogens is 265 g/mol. The van der Waals surface area contributed by atoms with E-state index in [0.29, 0.717) is 5.69 Å². The van der Waals surface area contributed by atoms with Gasteiger partial charge in [0.15, 0.2) is 0 Å². The van der Waals surface area contributed by atoms with Crippen molar-refractivity contribution in [2.45, 2.75) is 38.9 Å². The van der Waals surface area contributed by atoms with E-state index in [1.54, 1.807) is 24.3 Å². The highest BCUT2D eigenvalue weighted by Gasteiger charge is 2.51. The minimum atomic E-state index is -2.64. The van der Waals surface area contributed by atoms with E-state index in [0.717, 1.165) is 5.46 Å². The molecule has 1 aromatic carbocycles. The van der Waals surface area contributed by atoms with Gasteiger partial charge in [-0.3, -0.25) is 4.72 Å². The van der Waals surface area contributed by atoms with Gasteiger partial charge in [-0.15, -0.1) is 0 Å². The predicted octanol–water partition coefficient (Wildman–Crippen LogP) is 0.924. The number of thiol groups is 1. The largest absolute Gasteiger partial charge is 0.494 e. The van der Waals surface area contributed by atoms with Crippen LogP contribution < -0.4 is 10.2 Å². The summed E-state index contributed by atoms with van der Waals surface area (Å²) in [4.78, 5) is 0. The number of hydrogen-bond acceptors (Lipinski definition) is 4. The summed E-state index contributed by atoms with van der Waals surface area (Å²) in [6, 6.07) is 6.96. The van der Waals surface area contributed by atoms with Crippen molar-refractivity contribution in [1.82, 2.24) is 0 Å². The molecule has 0 aromatic heterocycles. The molecule has 7 heteroatoms. The highest BCUT2D eigenvalue weighted by Crippen LogP contribution is 2.36. The van der Waals surface area contributed by atoms with Crippen molar-refractivity contribution in [3.63, 3.8) is 0 Å². The second kappa shape index (κ2) is 4.81. The molecule has 1 N–H and O–H groups in total. The third kappa shape index (κ3) is 2.93. The molecule has 0 radical (unpaired) electrons. The van der Waals surface area contributed by atoms with E-state index < -0.39 is 18.0 Å². The molecule has 0 saturated carbocycles. The van der Waals surface area contributed by atoms with E-state index in [2.05, 4.69) is 4.72 Å². The van der Waals surface area contributed by atoms with Crippen LogP contribution in [0.25, 0.3) is 0 Å². The van der Waals surface area contributed by atoms with Crippen LogP contribution in [0.3, 0.4) is 0 Å². The van der Waals surface area contributed by atoms with E-state index in [9.17, 15) is 8.42 Å². The standard InChI is InChI=1S/C12H18BNO4S/c1-11(2)12(3,4)18-13(17-11)9-5-7-10(8-6-9)14-19(15)16/h5-8,19H,1-4H3,(H,14,15,16). The van der Waals surface area contributed by atoms with Gasteiger partial charge in [-0.25, -0.2) is 8.42 Å². The van der Waals surface area contributed by atoms with Gasteiger partial charge in [0.05, 0.1) is 11.2 Å². The topological polar surface area (TPSA) is 64.6 Å². The molecule has 0 unspecified atom stereocenters. The first-order valence-electron chi connectivity index (χ1n) is 6.08. The molecule has 1 aromatic rings. The second-order valence-electron chi connectivity index (χ2n) is 5.58. The number of hydrogen-bond donors (Lipinski definition) is 2. The fourth-order valence-electron chi connectivity index (χ4n) is 1.80. The third-order valence-corrected chi connectivity index (χ3v) is 4.10. The van der Waals surface area contributed by atoms with Gasteiger partial charge in [-0.2, -0.15) is 0 Å². The Morgan fingerprint density at radius 2 is 1.47 bits per heavy atom. The Bertz CT molecular complexity index is 515. The summed E-state index contributed by atoms with van der Waals surface area (Å²) >= 11 is 0. The van der Waals surface area contributed by atoms with Crippen molar-refractivity contribution < 1.29 is 17.7 Å². The van der Waals surface area contributed by atoms with Crippen LogP contribution in [0.1, 0.15) is 27.7 Å². The van der Waals surface area contributed by atoms with Crippen LogP contribution in [-0.4, -0.2) is 26.7 Å². The average molecular weight is 283 g/mol. The van der Waals surface area contributed by atoms with Gasteiger partial charge in [0, 0.05) is 5.69 Å². The van der Waals surface area contributed by atoms with Gasteiger partial charge >= 0.3 is 7.12 Å². The molecule has 104 valence electrons. The Kier molecular flexibility index (Phi) is 3.64. The Balaban J connectivity index is 2.16. The lowest BCUT2D eigenvalue weighted by atomic mass is 9.79. The summed E-state index contributed by atoms with van der Waals surface area (Å²) in [5, 5.41) is 0. The van der Waals surface area contributed by atoms with E-state index in [4.69, 9.17) is 9.31 Å². The molecule has 0 atom stereocenters. The molecule has 1 aliphatic heterocycles. The summed E-state index contributed by atoms with van der Waals surface area (Å²) < 4.78 is 35.3. The Morgan fingerprint density at radius 1 is 1.00 bits per heavy atom. The van der Waals surface area contributed by atoms with Crippen molar-refractivity contribution >= 4 is 29.2 Å². The van der Waals surface area contributed by atoms with Gasteiger partial charge in [0.25, 0.3) is 0 Å². The lowest BCUT2D eigenvalue weighted by Crippen LogP contribution is -2.41. The monoisotopic (exact) mass is 283 g/mol. The van der Waals surface area contributed by atoms with Crippen molar-refractivity contribution in [2.75, 3.05) is 4.72 Å². The Labute approximate surface area is 115 Å². The summed E-state index contributed by atoms with van der Waals surface area (Å²) in [6.07, 6.45) is 0. The molecule has 0 bridgehead atoms. The number of nitrogens with one attached hydrogen (secondary N) is 1. The van der Waals surface area contributed by atoms with Crippen molar-refractivity contribution in [2.24, 2.45) is 0 Å². The molecule has 1 saturated heterocycles. The van der Waals surface area contributed by atoms with Crippen molar-refractivity contribution in [3.05, 3.63) is 24.3 Å². The molecule has 0 spiro atoms. The normalized spacial score (nSPS) is 20.8. The minimum absolute atomic E-state index is 0.382. The fraction of sp³-hybridized carbons (Fsp3) is 0.500. The highest BCUT2D eigenvalue weighted by molar-refractivity contribution is 7.73. The van der Waals surface area contributed by atoms with E-state index in [-0.39, 0.29) is 11.2 Å². The summed E-state index contributed by atoms with van der Waals surface area (Å²) in [7, 11) is -3.07. The lowest BCUT2D eigenvalue weighted by Gasteiger charge is -2.32. The van der Waals surface area contributed by atoms with Crippen LogP contribution >= 0.6 is 0 Å². The van der Waals surface area contributed by atoms with Crippen LogP contribution in [0.5, 0.6) is 0 Å². The zero-order valence-electron chi connectivity index (χ0n) is 11.5. The molecule has 0 amide bonds. The molecule has 2 rings (SSSR count). The maximum atomic E-state index is 10.6.